The summed E-state index contributed by atoms with van der Waals surface area (Å²) in [4.78, 5) is 0. The maximum atomic E-state index is 2.84. The van der Waals surface area contributed by atoms with E-state index in [2.05, 4.69) is 203 Å². The Morgan fingerprint density at radius 2 is 0.545 bits per heavy atom. The van der Waals surface area contributed by atoms with Crippen LogP contribution < -0.4 is 46.7 Å². The fourth-order valence-electron chi connectivity index (χ4n) is 10.2. The van der Waals surface area contributed by atoms with Crippen LogP contribution in [-0.4, -0.2) is 56.5 Å². The Labute approximate surface area is 348 Å². The van der Waals surface area contributed by atoms with Gasteiger partial charge in [-0.3, -0.25) is 0 Å². The summed E-state index contributed by atoms with van der Waals surface area (Å²) in [6.07, 6.45) is 0. The van der Waals surface area contributed by atoms with Gasteiger partial charge in [0.25, 0.3) is 0 Å². The van der Waals surface area contributed by atoms with E-state index >= 15 is 0 Å². The second kappa shape index (κ2) is 14.7. The highest BCUT2D eigenvalue weighted by Crippen LogP contribution is 2.41. The van der Waals surface area contributed by atoms with Crippen molar-refractivity contribution in [3.8, 4) is 0 Å². The molecule has 4 rings (SSSR count). The zero-order valence-electron chi connectivity index (χ0n) is 40.5. The van der Waals surface area contributed by atoms with Crippen LogP contribution >= 0.6 is 0 Å². The van der Waals surface area contributed by atoms with E-state index in [1.165, 1.54) is 16.7 Å². The molecule has 1 atom stereocenters. The highest BCUT2D eigenvalue weighted by molar-refractivity contribution is 7.22. The van der Waals surface area contributed by atoms with E-state index < -0.39 is 56.5 Å². The molecular formula is C48H82Si7. The average Bonchev–Trinajstić information content (AvgIpc) is 3.16. The number of allylic oxidation sites excluding steroid dienone is 4. The Morgan fingerprint density at radius 3 is 0.727 bits per heavy atom. The summed E-state index contributed by atoms with van der Waals surface area (Å²) >= 11 is 0. The van der Waals surface area contributed by atoms with Crippen LogP contribution in [0.1, 0.15) is 44.4 Å². The second-order valence-corrected chi connectivity index (χ2v) is 57.8. The maximum Gasteiger partial charge on any atom is 0.176 e. The van der Waals surface area contributed by atoms with Crippen molar-refractivity contribution in [2.75, 3.05) is 0 Å². The molecule has 3 aromatic rings. The van der Waals surface area contributed by atoms with Gasteiger partial charge < -0.3 is 0 Å². The van der Waals surface area contributed by atoms with Gasteiger partial charge in [-0.25, -0.2) is 0 Å². The first-order valence-electron chi connectivity index (χ1n) is 21.4. The number of hydrogen-bond acceptors (Lipinski definition) is 0. The van der Waals surface area contributed by atoms with Crippen LogP contribution in [0.2, 0.25) is 118 Å². The number of benzene rings is 3. The van der Waals surface area contributed by atoms with E-state index in [0.717, 1.165) is 0 Å². The molecule has 7 heteroatoms. The van der Waals surface area contributed by atoms with E-state index in [1.54, 1.807) is 68.6 Å². The molecule has 0 aliphatic heterocycles. The molecular weight excluding hydrogens is 773 g/mol. The van der Waals surface area contributed by atoms with Crippen molar-refractivity contribution in [1.82, 2.24) is 0 Å². The molecule has 1 unspecified atom stereocenters. The topological polar surface area (TPSA) is 0 Å². The van der Waals surface area contributed by atoms with Gasteiger partial charge in [0.15, 0.2) is 8.07 Å². The maximum absolute atomic E-state index is 3.02. The molecule has 0 saturated carbocycles. The van der Waals surface area contributed by atoms with E-state index in [-0.39, 0.29) is 0 Å². The van der Waals surface area contributed by atoms with Crippen LogP contribution in [0.5, 0.6) is 0 Å². The summed E-state index contributed by atoms with van der Waals surface area (Å²) in [5, 5.41) is 17.2. The van der Waals surface area contributed by atoms with Gasteiger partial charge in [0.1, 0.15) is 0 Å². The Balaban J connectivity index is 2.65. The summed E-state index contributed by atoms with van der Waals surface area (Å²) in [5.41, 5.74) is 9.32. The average molecular weight is 856 g/mol. The van der Waals surface area contributed by atoms with E-state index in [4.69, 9.17) is 0 Å². The molecule has 0 bridgehead atoms. The Hall–Kier alpha value is -1.34. The van der Waals surface area contributed by atoms with Crippen molar-refractivity contribution in [1.29, 1.82) is 0 Å². The SMILES string of the molecule is CC1=C(C)C(C)C([Si](c2cc(C)c([Si](C)(C)C)cc2[Si](C)(C)C)(c2cc(C)c([Si](C)(C)C)cc2[Si](C)(C)C)c2cc(C)c([Si](C)(C)C)cc2[Si](C)(C)C)=C1C. The van der Waals surface area contributed by atoms with Crippen molar-refractivity contribution in [2.24, 2.45) is 5.92 Å². The van der Waals surface area contributed by atoms with Crippen LogP contribution in [0, 0.1) is 26.7 Å². The van der Waals surface area contributed by atoms with Gasteiger partial charge in [0, 0.05) is 0 Å². The molecule has 0 N–H and O–H groups in total. The Bertz CT molecular complexity index is 1870. The van der Waals surface area contributed by atoms with Gasteiger partial charge in [-0.2, -0.15) is 0 Å². The molecule has 3 aromatic carbocycles. The predicted molar refractivity (Wildman–Crippen MR) is 276 cm³/mol. The van der Waals surface area contributed by atoms with Crippen molar-refractivity contribution in [3.05, 3.63) is 75.0 Å². The van der Waals surface area contributed by atoms with Crippen molar-refractivity contribution in [2.45, 2.75) is 166 Å². The lowest BCUT2D eigenvalue weighted by Crippen LogP contribution is -2.82. The number of aryl methyl sites for hydroxylation is 3. The summed E-state index contributed by atoms with van der Waals surface area (Å²) in [6.45, 7) is 64.5. The van der Waals surface area contributed by atoms with E-state index in [1.807, 2.05) is 0 Å². The van der Waals surface area contributed by atoms with Gasteiger partial charge in [-0.05, 0) is 68.6 Å². The minimum Gasteiger partial charge on any atom is -0.0656 e. The molecule has 1 aliphatic rings. The highest BCUT2D eigenvalue weighted by atomic mass is 28.3. The molecule has 0 amide bonds. The van der Waals surface area contributed by atoms with Crippen LogP contribution in [0.4, 0.5) is 0 Å². The lowest BCUT2D eigenvalue weighted by Gasteiger charge is -2.47. The molecule has 0 fully saturated rings. The van der Waals surface area contributed by atoms with Crippen molar-refractivity contribution >= 4 is 103 Å². The van der Waals surface area contributed by atoms with Gasteiger partial charge in [-0.1, -0.05) is 225 Å². The van der Waals surface area contributed by atoms with Gasteiger partial charge in [0.05, 0.1) is 48.4 Å². The molecule has 0 heterocycles. The van der Waals surface area contributed by atoms with Crippen molar-refractivity contribution in [3.63, 3.8) is 0 Å². The first kappa shape index (κ1) is 46.3. The van der Waals surface area contributed by atoms with Crippen molar-refractivity contribution < 1.29 is 0 Å². The normalized spacial score (nSPS) is 16.9. The molecule has 0 saturated heterocycles. The predicted octanol–water partition coefficient (Wildman–Crippen LogP) is 9.20. The minimum absolute atomic E-state index is 0.399. The van der Waals surface area contributed by atoms with E-state index in [9.17, 15) is 0 Å². The minimum atomic E-state index is -3.02. The fraction of sp³-hybridized carbons (Fsp3) is 0.542. The standard InChI is InChI=1S/C48H82Si7/c1-32-26-45(42(52(17,18)19)29-39(32)49(8,9)10)55(48-37(6)35(4)36(5)38(48)7,46-27-33(2)40(50(11,12)13)30-43(46)53(20,21)22)47-28-34(3)41(51(14,15)16)31-44(47)54(23,24)25/h26-31,37H,1-25H3. The lowest BCUT2D eigenvalue weighted by molar-refractivity contribution is 0.852. The van der Waals surface area contributed by atoms with Gasteiger partial charge >= 0.3 is 0 Å². The lowest BCUT2D eigenvalue weighted by atomic mass is 10.1. The second-order valence-electron chi connectivity index (χ2n) is 24.0. The third-order valence-electron chi connectivity index (χ3n) is 13.2. The van der Waals surface area contributed by atoms with Crippen LogP contribution in [0.3, 0.4) is 0 Å². The van der Waals surface area contributed by atoms with Crippen LogP contribution in [0.25, 0.3) is 0 Å². The Kier molecular flexibility index (Phi) is 12.4. The third kappa shape index (κ3) is 8.42. The van der Waals surface area contributed by atoms with Gasteiger partial charge in [-0.15, -0.1) is 0 Å². The molecule has 302 valence electrons. The molecule has 0 radical (unpaired) electrons. The smallest absolute Gasteiger partial charge is 0.0656 e. The quantitative estimate of drug-likeness (QED) is 0.141. The monoisotopic (exact) mass is 854 g/mol. The summed E-state index contributed by atoms with van der Waals surface area (Å²) in [6, 6.07) is 17.0. The number of rotatable bonds is 10. The Morgan fingerprint density at radius 1 is 0.309 bits per heavy atom. The summed E-state index contributed by atoms with van der Waals surface area (Å²) in [7, 11) is -13.6. The highest BCUT2D eigenvalue weighted by Gasteiger charge is 2.54. The largest absolute Gasteiger partial charge is 0.176 e. The van der Waals surface area contributed by atoms with Crippen LogP contribution in [0.15, 0.2) is 58.3 Å². The molecule has 1 aliphatic carbocycles. The van der Waals surface area contributed by atoms with Gasteiger partial charge in [0.2, 0.25) is 0 Å². The third-order valence-corrected chi connectivity index (χ3v) is 31.8. The number of hydrogen-bond donors (Lipinski definition) is 0. The van der Waals surface area contributed by atoms with Crippen LogP contribution in [-0.2, 0) is 0 Å². The first-order valence-corrected chi connectivity index (χ1v) is 44.4. The summed E-state index contributed by atoms with van der Waals surface area (Å²) in [5.74, 6) is 0.399. The molecule has 55 heavy (non-hydrogen) atoms. The summed E-state index contributed by atoms with van der Waals surface area (Å²) < 4.78 is 0. The zero-order chi connectivity index (χ0) is 42.6. The zero-order valence-corrected chi connectivity index (χ0v) is 47.5. The molecule has 0 spiro atoms. The molecule has 0 aromatic heterocycles. The molecule has 0 nitrogen and oxygen atoms in total. The fourth-order valence-corrected chi connectivity index (χ4v) is 31.6. The van der Waals surface area contributed by atoms with E-state index in [0.29, 0.717) is 5.92 Å². The first-order chi connectivity index (χ1) is 24.5.